The molecule has 1 atom stereocenters. The first-order valence-electron chi connectivity index (χ1n) is 9.54. The molecule has 0 saturated heterocycles. The molecule has 1 aromatic carbocycles. The third-order valence-electron chi connectivity index (χ3n) is 5.19. The van der Waals surface area contributed by atoms with Crippen LogP contribution in [0.1, 0.15) is 41.7 Å². The van der Waals surface area contributed by atoms with E-state index in [0.29, 0.717) is 6.92 Å². The number of alkyl halides is 21. The number of hydrogen-bond acceptors (Lipinski definition) is 1. The molecule has 40 heavy (non-hydrogen) atoms. The average molecular weight is 640 g/mol. The highest BCUT2D eigenvalue weighted by Crippen LogP contribution is 2.60. The first-order chi connectivity index (χ1) is 17.2. The van der Waals surface area contributed by atoms with Gasteiger partial charge >= 0.3 is 54.1 Å². The van der Waals surface area contributed by atoms with Crippen molar-refractivity contribution in [1.29, 1.82) is 0 Å². The van der Waals surface area contributed by atoms with Gasteiger partial charge in [0.05, 0.1) is 6.10 Å². The standard InChI is InChI=1S/C18H9F21O/c1-2-8(40)9-6(11(21,22)14(27,28)17(34,35)36)3-5(10(19,20)13(25,26)16(31,32)33)4-7(9)12(23,24)15(29,30)18(37,38)39/h3-4,8,40H,2H2,1H3. The summed E-state index contributed by atoms with van der Waals surface area (Å²) in [5.41, 5.74) is -14.6. The molecule has 1 aromatic rings. The van der Waals surface area contributed by atoms with Crippen molar-refractivity contribution >= 4 is 0 Å². The molecular weight excluding hydrogens is 631 g/mol. The van der Waals surface area contributed by atoms with Crippen LogP contribution in [0, 0.1) is 0 Å². The Balaban J connectivity index is 4.62. The van der Waals surface area contributed by atoms with Gasteiger partial charge in [-0.25, -0.2) is 0 Å². The Labute approximate surface area is 206 Å². The van der Waals surface area contributed by atoms with Gasteiger partial charge in [0.1, 0.15) is 0 Å². The molecule has 0 saturated carbocycles. The zero-order chi connectivity index (χ0) is 32.5. The Bertz CT molecular complexity index is 1020. The molecule has 1 unspecified atom stereocenters. The normalized spacial score (nSPS) is 16.4. The molecule has 22 heteroatoms. The molecule has 1 rings (SSSR count). The van der Waals surface area contributed by atoms with Gasteiger partial charge < -0.3 is 5.11 Å². The Morgan fingerprint density at radius 2 is 0.750 bits per heavy atom. The Hall–Kier alpha value is -2.29. The van der Waals surface area contributed by atoms with Crippen molar-refractivity contribution in [3.8, 4) is 0 Å². The van der Waals surface area contributed by atoms with E-state index in [1.807, 2.05) is 0 Å². The number of rotatable bonds is 8. The van der Waals surface area contributed by atoms with E-state index in [4.69, 9.17) is 0 Å². The van der Waals surface area contributed by atoms with E-state index in [-0.39, 0.29) is 0 Å². The molecule has 0 aliphatic heterocycles. The van der Waals surface area contributed by atoms with Crippen molar-refractivity contribution in [1.82, 2.24) is 0 Å². The minimum atomic E-state index is -7.68. The lowest BCUT2D eigenvalue weighted by molar-refractivity contribution is -0.363. The lowest BCUT2D eigenvalue weighted by Gasteiger charge is -2.36. The fourth-order valence-corrected chi connectivity index (χ4v) is 2.97. The molecule has 0 spiro atoms. The van der Waals surface area contributed by atoms with Crippen LogP contribution in [-0.2, 0) is 17.8 Å². The Kier molecular flexibility index (Phi) is 8.61. The second-order valence-electron chi connectivity index (χ2n) is 7.85. The van der Waals surface area contributed by atoms with Gasteiger partial charge in [0, 0.05) is 16.7 Å². The maximum atomic E-state index is 14.5. The number of aliphatic hydroxyl groups is 1. The van der Waals surface area contributed by atoms with Crippen molar-refractivity contribution in [2.45, 2.75) is 73.5 Å². The van der Waals surface area contributed by atoms with Gasteiger partial charge in [0.15, 0.2) is 0 Å². The summed E-state index contributed by atoms with van der Waals surface area (Å²) in [5.74, 6) is -45.0. The quantitative estimate of drug-likeness (QED) is 0.282. The van der Waals surface area contributed by atoms with Crippen LogP contribution in [0.25, 0.3) is 0 Å². The lowest BCUT2D eigenvalue weighted by atomic mass is 9.82. The first-order valence-corrected chi connectivity index (χ1v) is 9.54. The summed E-state index contributed by atoms with van der Waals surface area (Å²) in [6.07, 6.45) is -27.7. The average Bonchev–Trinajstić information content (AvgIpc) is 2.74. The van der Waals surface area contributed by atoms with E-state index in [0.717, 1.165) is 0 Å². The van der Waals surface area contributed by atoms with Gasteiger partial charge in [-0.1, -0.05) is 6.92 Å². The maximum Gasteiger partial charge on any atom is 0.460 e. The van der Waals surface area contributed by atoms with E-state index in [1.165, 1.54) is 0 Å². The third-order valence-corrected chi connectivity index (χ3v) is 5.19. The highest BCUT2D eigenvalue weighted by atomic mass is 19.4. The molecule has 0 aromatic heterocycles. The first kappa shape index (κ1) is 35.7. The van der Waals surface area contributed by atoms with Crippen molar-refractivity contribution in [2.75, 3.05) is 0 Å². The number of benzene rings is 1. The van der Waals surface area contributed by atoms with E-state index in [2.05, 4.69) is 0 Å². The highest BCUT2D eigenvalue weighted by Gasteiger charge is 2.78. The predicted octanol–water partition coefficient (Wildman–Crippen LogP) is 9.00. The second kappa shape index (κ2) is 9.63. The van der Waals surface area contributed by atoms with E-state index in [9.17, 15) is 97.3 Å². The summed E-state index contributed by atoms with van der Waals surface area (Å²) >= 11 is 0. The van der Waals surface area contributed by atoms with Crippen molar-refractivity contribution < 1.29 is 97.3 Å². The molecule has 0 radical (unpaired) electrons. The van der Waals surface area contributed by atoms with E-state index in [1.54, 1.807) is 0 Å². The van der Waals surface area contributed by atoms with Crippen LogP contribution in [0.4, 0.5) is 92.2 Å². The molecule has 234 valence electrons. The van der Waals surface area contributed by atoms with Gasteiger partial charge in [0.2, 0.25) is 0 Å². The monoisotopic (exact) mass is 640 g/mol. The van der Waals surface area contributed by atoms with Crippen molar-refractivity contribution in [2.24, 2.45) is 0 Å². The van der Waals surface area contributed by atoms with Crippen molar-refractivity contribution in [3.63, 3.8) is 0 Å². The van der Waals surface area contributed by atoms with E-state index < -0.39 is 101 Å². The smallest absolute Gasteiger partial charge is 0.388 e. The number of halogens is 21. The lowest BCUT2D eigenvalue weighted by Crippen LogP contribution is -2.53. The molecule has 0 bridgehead atoms. The van der Waals surface area contributed by atoms with E-state index >= 15 is 0 Å². The van der Waals surface area contributed by atoms with Crippen LogP contribution in [0.3, 0.4) is 0 Å². The second-order valence-corrected chi connectivity index (χ2v) is 7.85. The molecule has 1 nitrogen and oxygen atoms in total. The summed E-state index contributed by atoms with van der Waals surface area (Å²) in [5, 5.41) is 9.70. The number of hydrogen-bond donors (Lipinski definition) is 1. The van der Waals surface area contributed by atoms with Gasteiger partial charge in [-0.15, -0.1) is 0 Å². The van der Waals surface area contributed by atoms with Gasteiger partial charge in [0.25, 0.3) is 0 Å². The highest BCUT2D eigenvalue weighted by molar-refractivity contribution is 5.49. The third kappa shape index (κ3) is 5.12. The molecule has 0 amide bonds. The van der Waals surface area contributed by atoms with Gasteiger partial charge in [-0.2, -0.15) is 92.2 Å². The molecule has 1 N–H and O–H groups in total. The fraction of sp³-hybridized carbons (Fsp3) is 0.667. The summed E-state index contributed by atoms with van der Waals surface area (Å²) in [7, 11) is 0. The van der Waals surface area contributed by atoms with Gasteiger partial charge in [-0.3, -0.25) is 0 Å². The minimum absolute atomic E-state index is 0.401. The molecule has 0 fully saturated rings. The summed E-state index contributed by atoms with van der Waals surface area (Å²) in [6.45, 7) is 0.401. The zero-order valence-electron chi connectivity index (χ0n) is 18.3. The van der Waals surface area contributed by atoms with Gasteiger partial charge in [-0.05, 0) is 24.1 Å². The largest absolute Gasteiger partial charge is 0.460 e. The summed E-state index contributed by atoms with van der Waals surface area (Å²) in [6, 6.07) is -3.61. The number of aliphatic hydroxyl groups excluding tert-OH is 1. The van der Waals surface area contributed by atoms with Crippen LogP contribution in [0.15, 0.2) is 12.1 Å². The zero-order valence-corrected chi connectivity index (χ0v) is 18.3. The topological polar surface area (TPSA) is 20.2 Å². The van der Waals surface area contributed by atoms with Crippen LogP contribution >= 0.6 is 0 Å². The summed E-state index contributed by atoms with van der Waals surface area (Å²) < 4.78 is 282. The maximum absolute atomic E-state index is 14.5. The van der Waals surface area contributed by atoms with Crippen molar-refractivity contribution in [3.05, 3.63) is 34.4 Å². The SMILES string of the molecule is CCC(O)c1c(C(F)(F)C(F)(F)C(F)(F)F)cc(C(F)(F)C(F)(F)C(F)(F)F)cc1C(F)(F)C(F)(F)C(F)(F)F. The molecule has 0 aliphatic rings. The van der Waals surface area contributed by atoms with Crippen LogP contribution in [0.5, 0.6) is 0 Å². The Morgan fingerprint density at radius 3 is 0.975 bits per heavy atom. The molecule has 0 aliphatic carbocycles. The Morgan fingerprint density at radius 1 is 0.500 bits per heavy atom. The van der Waals surface area contributed by atoms with Crippen LogP contribution < -0.4 is 0 Å². The fourth-order valence-electron chi connectivity index (χ4n) is 2.97. The predicted molar refractivity (Wildman–Crippen MR) is 86.4 cm³/mol. The molecular formula is C18H9F21O. The summed E-state index contributed by atoms with van der Waals surface area (Å²) in [4.78, 5) is 0. The minimum Gasteiger partial charge on any atom is -0.388 e. The van der Waals surface area contributed by atoms with Crippen LogP contribution in [-0.4, -0.2) is 41.4 Å². The van der Waals surface area contributed by atoms with Crippen LogP contribution in [0.2, 0.25) is 0 Å². The molecule has 0 heterocycles.